The molecule has 2 aliphatic rings. The maximum absolute atomic E-state index is 11.6. The summed E-state index contributed by atoms with van der Waals surface area (Å²) in [7, 11) is 0. The molecule has 102 valence electrons. The van der Waals surface area contributed by atoms with E-state index in [2.05, 4.69) is 0 Å². The van der Waals surface area contributed by atoms with Gasteiger partial charge in [-0.25, -0.2) is 4.79 Å². The van der Waals surface area contributed by atoms with Crippen molar-refractivity contribution in [1.29, 1.82) is 0 Å². The Labute approximate surface area is 108 Å². The van der Waals surface area contributed by atoms with E-state index in [4.69, 9.17) is 0 Å². The zero-order valence-corrected chi connectivity index (χ0v) is 11.2. The number of carboxylic acids is 1. The van der Waals surface area contributed by atoms with Gasteiger partial charge in [-0.1, -0.05) is 12.8 Å². The van der Waals surface area contributed by atoms with Crippen molar-refractivity contribution in [2.45, 2.75) is 63.8 Å². The summed E-state index contributed by atoms with van der Waals surface area (Å²) in [6.07, 6.45) is 8.93. The number of rotatable bonds is 4. The van der Waals surface area contributed by atoms with Crippen LogP contribution >= 0.6 is 0 Å². The standard InChI is InChI=1S/C14H23NO3/c1-2-15(11-16)14(12(17)18)9-7-13(8-10-14)5-3-4-6-13/h11H,2-10H2,1H3,(H,17,18). The molecule has 2 saturated carbocycles. The number of carboxylic acid groups (broad SMARTS) is 1. The van der Waals surface area contributed by atoms with Crippen molar-refractivity contribution in [2.75, 3.05) is 6.54 Å². The molecule has 1 spiro atoms. The molecule has 0 aliphatic heterocycles. The monoisotopic (exact) mass is 253 g/mol. The molecule has 0 atom stereocenters. The van der Waals surface area contributed by atoms with Crippen LogP contribution in [0.25, 0.3) is 0 Å². The van der Waals surface area contributed by atoms with Gasteiger partial charge in [0.1, 0.15) is 5.54 Å². The minimum atomic E-state index is -0.940. The first-order chi connectivity index (χ1) is 8.58. The van der Waals surface area contributed by atoms with Crippen LogP contribution in [-0.2, 0) is 9.59 Å². The third-order valence-corrected chi connectivity index (χ3v) is 5.22. The van der Waals surface area contributed by atoms with E-state index in [0.717, 1.165) is 12.8 Å². The van der Waals surface area contributed by atoms with Gasteiger partial charge in [0.2, 0.25) is 6.41 Å². The van der Waals surface area contributed by atoms with E-state index in [0.29, 0.717) is 31.2 Å². The Morgan fingerprint density at radius 3 is 2.11 bits per heavy atom. The number of hydrogen-bond donors (Lipinski definition) is 1. The van der Waals surface area contributed by atoms with Gasteiger partial charge in [0.05, 0.1) is 0 Å². The fourth-order valence-electron chi connectivity index (χ4n) is 3.92. The molecule has 2 rings (SSSR count). The van der Waals surface area contributed by atoms with Crippen LogP contribution in [-0.4, -0.2) is 34.5 Å². The molecule has 2 fully saturated rings. The molecule has 2 aliphatic carbocycles. The predicted octanol–water partition coefficient (Wildman–Crippen LogP) is 2.42. The lowest BCUT2D eigenvalue weighted by molar-refractivity contribution is -0.159. The Morgan fingerprint density at radius 1 is 1.17 bits per heavy atom. The molecule has 1 amide bonds. The first-order valence-corrected chi connectivity index (χ1v) is 7.04. The first kappa shape index (κ1) is 13.4. The van der Waals surface area contributed by atoms with Crippen molar-refractivity contribution in [3.8, 4) is 0 Å². The lowest BCUT2D eigenvalue weighted by Gasteiger charge is -2.46. The molecule has 0 unspecified atom stereocenters. The highest BCUT2D eigenvalue weighted by Crippen LogP contribution is 2.52. The summed E-state index contributed by atoms with van der Waals surface area (Å²) in [6, 6.07) is 0. The summed E-state index contributed by atoms with van der Waals surface area (Å²) in [5.41, 5.74) is -0.550. The van der Waals surface area contributed by atoms with Crippen LogP contribution in [0.2, 0.25) is 0 Å². The van der Waals surface area contributed by atoms with Crippen LogP contribution in [0.5, 0.6) is 0 Å². The zero-order valence-electron chi connectivity index (χ0n) is 11.2. The Morgan fingerprint density at radius 2 is 1.72 bits per heavy atom. The number of amides is 1. The second-order valence-corrected chi connectivity index (χ2v) is 5.94. The van der Waals surface area contributed by atoms with Gasteiger partial charge in [-0.3, -0.25) is 4.79 Å². The van der Waals surface area contributed by atoms with Crippen LogP contribution in [0.3, 0.4) is 0 Å². The second-order valence-electron chi connectivity index (χ2n) is 5.94. The topological polar surface area (TPSA) is 57.6 Å². The Kier molecular flexibility index (Phi) is 3.64. The number of carbonyl (C=O) groups excluding carboxylic acids is 1. The highest BCUT2D eigenvalue weighted by molar-refractivity contribution is 5.81. The summed E-state index contributed by atoms with van der Waals surface area (Å²) in [5.74, 6) is -0.829. The summed E-state index contributed by atoms with van der Waals surface area (Å²) in [6.45, 7) is 2.32. The molecule has 0 radical (unpaired) electrons. The van der Waals surface area contributed by atoms with Crippen molar-refractivity contribution >= 4 is 12.4 Å². The van der Waals surface area contributed by atoms with Crippen LogP contribution in [0.4, 0.5) is 0 Å². The average Bonchev–Trinajstić information content (AvgIpc) is 2.82. The number of likely N-dealkylation sites (N-methyl/N-ethyl adjacent to an activating group) is 1. The summed E-state index contributed by atoms with van der Waals surface area (Å²) in [4.78, 5) is 24.2. The smallest absolute Gasteiger partial charge is 0.329 e. The van der Waals surface area contributed by atoms with Crippen molar-refractivity contribution in [3.63, 3.8) is 0 Å². The number of nitrogens with zero attached hydrogens (tertiary/aromatic N) is 1. The lowest BCUT2D eigenvalue weighted by Crippen LogP contribution is -2.57. The van der Waals surface area contributed by atoms with E-state index in [1.54, 1.807) is 0 Å². The van der Waals surface area contributed by atoms with Crippen molar-refractivity contribution in [1.82, 2.24) is 4.90 Å². The second kappa shape index (κ2) is 4.90. The Hall–Kier alpha value is -1.06. The Bertz CT molecular complexity index is 324. The molecule has 0 aromatic heterocycles. The lowest BCUT2D eigenvalue weighted by atomic mass is 9.66. The minimum Gasteiger partial charge on any atom is -0.479 e. The van der Waals surface area contributed by atoms with Crippen LogP contribution in [0, 0.1) is 5.41 Å². The van der Waals surface area contributed by atoms with Gasteiger partial charge in [0.25, 0.3) is 0 Å². The molecule has 0 bridgehead atoms. The van der Waals surface area contributed by atoms with E-state index in [9.17, 15) is 14.7 Å². The molecular weight excluding hydrogens is 230 g/mol. The summed E-state index contributed by atoms with van der Waals surface area (Å²) in [5, 5.41) is 9.55. The average molecular weight is 253 g/mol. The van der Waals surface area contributed by atoms with Gasteiger partial charge < -0.3 is 10.0 Å². The van der Waals surface area contributed by atoms with E-state index in [-0.39, 0.29) is 0 Å². The highest BCUT2D eigenvalue weighted by atomic mass is 16.4. The largest absolute Gasteiger partial charge is 0.479 e. The first-order valence-electron chi connectivity index (χ1n) is 7.04. The fraction of sp³-hybridized carbons (Fsp3) is 0.857. The summed E-state index contributed by atoms with van der Waals surface area (Å²) < 4.78 is 0. The van der Waals surface area contributed by atoms with Crippen LogP contribution < -0.4 is 0 Å². The van der Waals surface area contributed by atoms with Crippen LogP contribution in [0.1, 0.15) is 58.3 Å². The van der Waals surface area contributed by atoms with Crippen LogP contribution in [0.15, 0.2) is 0 Å². The number of carbonyl (C=O) groups is 2. The van der Waals surface area contributed by atoms with E-state index in [1.165, 1.54) is 30.6 Å². The fourth-order valence-corrected chi connectivity index (χ4v) is 3.92. The number of aliphatic carboxylic acids is 1. The molecule has 18 heavy (non-hydrogen) atoms. The number of hydrogen-bond acceptors (Lipinski definition) is 2. The third-order valence-electron chi connectivity index (χ3n) is 5.22. The SMILES string of the molecule is CCN(C=O)C1(C(=O)O)CCC2(CCCC2)CC1. The highest BCUT2D eigenvalue weighted by Gasteiger charge is 2.50. The quantitative estimate of drug-likeness (QED) is 0.783. The molecule has 0 heterocycles. The maximum atomic E-state index is 11.6. The maximum Gasteiger partial charge on any atom is 0.329 e. The molecular formula is C14H23NO3. The van der Waals surface area contributed by atoms with Crippen molar-refractivity contribution < 1.29 is 14.7 Å². The Balaban J connectivity index is 2.15. The molecule has 4 nitrogen and oxygen atoms in total. The van der Waals surface area contributed by atoms with Crippen molar-refractivity contribution in [2.24, 2.45) is 5.41 Å². The molecule has 4 heteroatoms. The van der Waals surface area contributed by atoms with E-state index >= 15 is 0 Å². The van der Waals surface area contributed by atoms with Gasteiger partial charge in [-0.05, 0) is 50.9 Å². The molecule has 1 N–H and O–H groups in total. The van der Waals surface area contributed by atoms with Gasteiger partial charge in [0.15, 0.2) is 0 Å². The van der Waals surface area contributed by atoms with Gasteiger partial charge in [0, 0.05) is 6.54 Å². The van der Waals surface area contributed by atoms with Gasteiger partial charge in [-0.15, -0.1) is 0 Å². The van der Waals surface area contributed by atoms with E-state index < -0.39 is 11.5 Å². The van der Waals surface area contributed by atoms with Gasteiger partial charge >= 0.3 is 5.97 Å². The minimum absolute atomic E-state index is 0.390. The molecule has 0 aromatic rings. The van der Waals surface area contributed by atoms with E-state index in [1.807, 2.05) is 6.92 Å². The predicted molar refractivity (Wildman–Crippen MR) is 68.2 cm³/mol. The zero-order chi connectivity index (χ0) is 13.2. The molecule has 0 saturated heterocycles. The van der Waals surface area contributed by atoms with Crippen molar-refractivity contribution in [3.05, 3.63) is 0 Å². The summed E-state index contributed by atoms with van der Waals surface area (Å²) >= 11 is 0. The van der Waals surface area contributed by atoms with Gasteiger partial charge in [-0.2, -0.15) is 0 Å². The molecule has 0 aromatic carbocycles. The normalized spacial score (nSPS) is 24.9. The third kappa shape index (κ3) is 2.02.